The number of halogens is 1. The number of methoxy groups -OCH3 is 1. The Bertz CT molecular complexity index is 352. The lowest BCUT2D eigenvalue weighted by molar-refractivity contribution is 0.184. The van der Waals surface area contributed by atoms with Crippen molar-refractivity contribution in [2.75, 3.05) is 13.7 Å². The van der Waals surface area contributed by atoms with Crippen molar-refractivity contribution in [1.82, 2.24) is 4.98 Å². The van der Waals surface area contributed by atoms with Crippen LogP contribution in [0.1, 0.15) is 18.2 Å². The molecule has 0 aliphatic heterocycles. The van der Waals surface area contributed by atoms with Gasteiger partial charge < -0.3 is 9.47 Å². The minimum atomic E-state index is 0.426. The number of hydrogen-bond donors (Lipinski definition) is 0. The molecule has 1 rings (SSSR count). The molecule has 0 saturated heterocycles. The van der Waals surface area contributed by atoms with Gasteiger partial charge in [-0.2, -0.15) is 0 Å². The summed E-state index contributed by atoms with van der Waals surface area (Å²) < 4.78 is 10.2. The van der Waals surface area contributed by atoms with Gasteiger partial charge in [-0.25, -0.2) is 4.98 Å². The van der Waals surface area contributed by atoms with Crippen molar-refractivity contribution in [3.8, 4) is 0 Å². The zero-order valence-corrected chi connectivity index (χ0v) is 9.67. The molecule has 0 N–H and O–H groups in total. The Hall–Kier alpha value is -1.06. The van der Waals surface area contributed by atoms with Crippen LogP contribution < -0.4 is 0 Å². The summed E-state index contributed by atoms with van der Waals surface area (Å²) in [5.74, 6) is 0.531. The maximum absolute atomic E-state index is 5.96. The van der Waals surface area contributed by atoms with E-state index in [9.17, 15) is 0 Å². The van der Waals surface area contributed by atoms with E-state index in [1.807, 2.05) is 19.1 Å². The molecule has 0 atom stereocenters. The fourth-order valence-electron chi connectivity index (χ4n) is 1.13. The van der Waals surface area contributed by atoms with Gasteiger partial charge in [0.2, 0.25) is 0 Å². The van der Waals surface area contributed by atoms with Gasteiger partial charge in [0.15, 0.2) is 0 Å². The van der Waals surface area contributed by atoms with Crippen molar-refractivity contribution in [3.05, 3.63) is 35.1 Å². The first-order valence-corrected chi connectivity index (χ1v) is 5.03. The molecule has 15 heavy (non-hydrogen) atoms. The summed E-state index contributed by atoms with van der Waals surface area (Å²) in [6.45, 7) is 6.67. The van der Waals surface area contributed by atoms with Crippen LogP contribution in [0.5, 0.6) is 0 Å². The summed E-state index contributed by atoms with van der Waals surface area (Å²) in [4.78, 5) is 4.17. The highest BCUT2D eigenvalue weighted by Gasteiger charge is 2.06. The third kappa shape index (κ3) is 3.22. The predicted octanol–water partition coefficient (Wildman–Crippen LogP) is 2.89. The molecule has 0 aliphatic rings. The van der Waals surface area contributed by atoms with Crippen LogP contribution in [0.25, 0.3) is 5.76 Å². The van der Waals surface area contributed by atoms with E-state index in [2.05, 4.69) is 11.6 Å². The van der Waals surface area contributed by atoms with E-state index in [0.29, 0.717) is 29.8 Å². The summed E-state index contributed by atoms with van der Waals surface area (Å²) in [6, 6.07) is 3.68. The molecule has 1 aromatic heterocycles. The highest BCUT2D eigenvalue weighted by molar-refractivity contribution is 6.30. The molecule has 0 radical (unpaired) electrons. The standard InChI is InChI=1S/C11H14ClNO2/c1-4-15-8(2)10-6-5-9(7-14-3)11(12)13-10/h5-6H,2,4,7H2,1,3H3. The number of pyridine rings is 1. The molecule has 0 amide bonds. The van der Waals surface area contributed by atoms with E-state index in [4.69, 9.17) is 21.1 Å². The van der Waals surface area contributed by atoms with E-state index >= 15 is 0 Å². The Morgan fingerprint density at radius 3 is 2.80 bits per heavy atom. The van der Waals surface area contributed by atoms with Gasteiger partial charge in [0.25, 0.3) is 0 Å². The Labute approximate surface area is 94.7 Å². The number of rotatable bonds is 5. The SMILES string of the molecule is C=C(OCC)c1ccc(COC)c(Cl)n1. The van der Waals surface area contributed by atoms with Gasteiger partial charge in [0.1, 0.15) is 16.6 Å². The zero-order valence-electron chi connectivity index (χ0n) is 8.92. The minimum Gasteiger partial charge on any atom is -0.492 e. The maximum atomic E-state index is 5.96. The molecular formula is C11H14ClNO2. The van der Waals surface area contributed by atoms with E-state index in [1.54, 1.807) is 7.11 Å². The van der Waals surface area contributed by atoms with Gasteiger partial charge in [-0.3, -0.25) is 0 Å². The van der Waals surface area contributed by atoms with Crippen LogP contribution in [-0.2, 0) is 16.1 Å². The smallest absolute Gasteiger partial charge is 0.137 e. The van der Waals surface area contributed by atoms with Crippen molar-refractivity contribution >= 4 is 17.4 Å². The Morgan fingerprint density at radius 2 is 2.27 bits per heavy atom. The largest absolute Gasteiger partial charge is 0.492 e. The fraction of sp³-hybridized carbons (Fsp3) is 0.364. The summed E-state index contributed by atoms with van der Waals surface area (Å²) in [7, 11) is 1.61. The first kappa shape index (κ1) is 12.0. The van der Waals surface area contributed by atoms with Crippen LogP contribution in [0.4, 0.5) is 0 Å². The van der Waals surface area contributed by atoms with E-state index in [1.165, 1.54) is 0 Å². The lowest BCUT2D eigenvalue weighted by Gasteiger charge is -2.08. The van der Waals surface area contributed by atoms with Crippen LogP contribution in [0.3, 0.4) is 0 Å². The third-order valence-corrected chi connectivity index (χ3v) is 2.16. The molecule has 0 aliphatic carbocycles. The van der Waals surface area contributed by atoms with Crippen LogP contribution in [0.15, 0.2) is 18.7 Å². The van der Waals surface area contributed by atoms with Gasteiger partial charge in [-0.05, 0) is 13.0 Å². The molecule has 0 aromatic carbocycles. The van der Waals surface area contributed by atoms with Crippen LogP contribution in [-0.4, -0.2) is 18.7 Å². The van der Waals surface area contributed by atoms with Crippen molar-refractivity contribution in [2.45, 2.75) is 13.5 Å². The molecule has 3 nitrogen and oxygen atoms in total. The van der Waals surface area contributed by atoms with E-state index < -0.39 is 0 Å². The summed E-state index contributed by atoms with van der Waals surface area (Å²) >= 11 is 5.96. The highest BCUT2D eigenvalue weighted by Crippen LogP contribution is 2.18. The van der Waals surface area contributed by atoms with Gasteiger partial charge in [-0.15, -0.1) is 0 Å². The first-order chi connectivity index (χ1) is 7.19. The lowest BCUT2D eigenvalue weighted by atomic mass is 10.2. The fourth-order valence-corrected chi connectivity index (χ4v) is 1.34. The Morgan fingerprint density at radius 1 is 1.53 bits per heavy atom. The summed E-state index contributed by atoms with van der Waals surface area (Å²) in [5, 5.41) is 0.426. The molecule has 4 heteroatoms. The topological polar surface area (TPSA) is 31.4 Å². The van der Waals surface area contributed by atoms with Gasteiger partial charge in [0.05, 0.1) is 13.2 Å². The van der Waals surface area contributed by atoms with Crippen molar-refractivity contribution in [1.29, 1.82) is 0 Å². The molecule has 0 fully saturated rings. The normalized spacial score (nSPS) is 10.1. The molecule has 0 bridgehead atoms. The van der Waals surface area contributed by atoms with Crippen molar-refractivity contribution < 1.29 is 9.47 Å². The Kier molecular flexibility index (Phi) is 4.59. The monoisotopic (exact) mass is 227 g/mol. The zero-order chi connectivity index (χ0) is 11.3. The molecule has 0 spiro atoms. The van der Waals surface area contributed by atoms with E-state index in [0.717, 1.165) is 5.56 Å². The Balaban J connectivity index is 2.86. The highest BCUT2D eigenvalue weighted by atomic mass is 35.5. The minimum absolute atomic E-state index is 0.426. The second-order valence-corrected chi connectivity index (χ2v) is 3.29. The van der Waals surface area contributed by atoms with E-state index in [-0.39, 0.29) is 0 Å². The average molecular weight is 228 g/mol. The molecular weight excluding hydrogens is 214 g/mol. The molecule has 0 saturated carbocycles. The van der Waals surface area contributed by atoms with Gasteiger partial charge in [-0.1, -0.05) is 24.2 Å². The van der Waals surface area contributed by atoms with Crippen molar-refractivity contribution in [3.63, 3.8) is 0 Å². The van der Waals surface area contributed by atoms with Crippen LogP contribution >= 0.6 is 11.6 Å². The quantitative estimate of drug-likeness (QED) is 0.573. The number of hydrogen-bond acceptors (Lipinski definition) is 3. The maximum Gasteiger partial charge on any atom is 0.137 e. The number of aromatic nitrogens is 1. The molecule has 0 unspecified atom stereocenters. The summed E-state index contributed by atoms with van der Waals surface area (Å²) in [6.07, 6.45) is 0. The van der Waals surface area contributed by atoms with Gasteiger partial charge >= 0.3 is 0 Å². The van der Waals surface area contributed by atoms with Crippen LogP contribution in [0.2, 0.25) is 5.15 Å². The third-order valence-electron chi connectivity index (χ3n) is 1.83. The molecule has 1 heterocycles. The predicted molar refractivity (Wildman–Crippen MR) is 60.6 cm³/mol. The second kappa shape index (κ2) is 5.73. The molecule has 82 valence electrons. The average Bonchev–Trinajstić information content (AvgIpc) is 2.21. The first-order valence-electron chi connectivity index (χ1n) is 4.65. The van der Waals surface area contributed by atoms with Crippen LogP contribution in [0, 0.1) is 0 Å². The number of nitrogens with zero attached hydrogens (tertiary/aromatic N) is 1. The molecule has 1 aromatic rings. The lowest BCUT2D eigenvalue weighted by Crippen LogP contribution is -1.97. The summed E-state index contributed by atoms with van der Waals surface area (Å²) in [5.41, 5.74) is 1.51. The number of ether oxygens (including phenoxy) is 2. The van der Waals surface area contributed by atoms with Gasteiger partial charge in [0, 0.05) is 12.7 Å². The second-order valence-electron chi connectivity index (χ2n) is 2.94. The van der Waals surface area contributed by atoms with Crippen molar-refractivity contribution in [2.24, 2.45) is 0 Å².